The van der Waals surface area contributed by atoms with Crippen LogP contribution < -0.4 is 14.8 Å². The fraction of sp³-hybridized carbons (Fsp3) is 0.0833. The number of nitrogens with zero attached hydrogens (tertiary/aromatic N) is 2. The molecule has 0 atom stereocenters. The number of methoxy groups -OCH3 is 1. The van der Waals surface area contributed by atoms with Crippen molar-refractivity contribution in [2.45, 2.75) is 6.61 Å². The Hall–Kier alpha value is -3.77. The molecule has 0 saturated carbocycles. The molecule has 8 nitrogen and oxygen atoms in total. The Morgan fingerprint density at radius 2 is 1.77 bits per heavy atom. The number of amides is 1. The van der Waals surface area contributed by atoms with Crippen LogP contribution in [0, 0.1) is 21.4 Å². The van der Waals surface area contributed by atoms with Crippen LogP contribution in [0.15, 0.2) is 60.2 Å². The van der Waals surface area contributed by atoms with Crippen molar-refractivity contribution in [3.63, 3.8) is 0 Å². The summed E-state index contributed by atoms with van der Waals surface area (Å²) in [6.45, 7) is 0.259. The molecule has 0 fully saturated rings. The zero-order valence-corrected chi connectivity index (χ0v) is 20.3. The molecule has 0 heterocycles. The van der Waals surface area contributed by atoms with Crippen LogP contribution in [0.4, 0.5) is 11.4 Å². The first-order chi connectivity index (χ1) is 16.7. The van der Waals surface area contributed by atoms with Crippen molar-refractivity contribution in [2.75, 3.05) is 12.4 Å². The highest BCUT2D eigenvalue weighted by Crippen LogP contribution is 2.38. The second kappa shape index (κ2) is 11.6. The van der Waals surface area contributed by atoms with Gasteiger partial charge in [-0.05, 0) is 29.3 Å². The fourth-order valence-corrected chi connectivity index (χ4v) is 3.82. The first-order valence-electron chi connectivity index (χ1n) is 9.84. The molecule has 0 aliphatic heterocycles. The molecule has 11 heteroatoms. The fourth-order valence-electron chi connectivity index (χ4n) is 2.97. The monoisotopic (exact) mass is 531 g/mol. The molecule has 0 spiro atoms. The summed E-state index contributed by atoms with van der Waals surface area (Å²) in [5.41, 5.74) is 0.621. The van der Waals surface area contributed by atoms with Gasteiger partial charge in [0.05, 0.1) is 32.8 Å². The van der Waals surface area contributed by atoms with Crippen LogP contribution in [0.2, 0.25) is 15.1 Å². The molecular formula is C24H16Cl3N3O5. The van der Waals surface area contributed by atoms with Crippen molar-refractivity contribution < 1.29 is 19.2 Å². The number of hydrogen-bond donors (Lipinski definition) is 1. The highest BCUT2D eigenvalue weighted by atomic mass is 35.5. The van der Waals surface area contributed by atoms with Crippen molar-refractivity contribution in [1.82, 2.24) is 0 Å². The van der Waals surface area contributed by atoms with Crippen molar-refractivity contribution >= 4 is 58.2 Å². The molecule has 0 aliphatic rings. The van der Waals surface area contributed by atoms with Gasteiger partial charge in [-0.15, -0.1) is 0 Å². The number of hydrogen-bond acceptors (Lipinski definition) is 6. The minimum atomic E-state index is -0.829. The van der Waals surface area contributed by atoms with Gasteiger partial charge >= 0.3 is 0 Å². The number of carbonyl (C=O) groups excluding carboxylic acids is 1. The number of benzene rings is 3. The summed E-state index contributed by atoms with van der Waals surface area (Å²) >= 11 is 18.4. The summed E-state index contributed by atoms with van der Waals surface area (Å²) < 4.78 is 11.2. The normalized spacial score (nSPS) is 10.9. The quantitative estimate of drug-likeness (QED) is 0.150. The summed E-state index contributed by atoms with van der Waals surface area (Å²) in [5, 5.41) is 22.8. The van der Waals surface area contributed by atoms with E-state index in [2.05, 4.69) is 5.32 Å². The number of non-ortho nitro benzene ring substituents is 1. The average molecular weight is 533 g/mol. The van der Waals surface area contributed by atoms with Gasteiger partial charge in [0.1, 0.15) is 18.2 Å². The zero-order chi connectivity index (χ0) is 25.5. The van der Waals surface area contributed by atoms with Gasteiger partial charge in [0.25, 0.3) is 11.6 Å². The van der Waals surface area contributed by atoms with E-state index in [0.29, 0.717) is 17.1 Å². The number of ether oxygens (including phenoxy) is 2. The minimum Gasteiger partial charge on any atom is -0.493 e. The number of nitriles is 1. The lowest BCUT2D eigenvalue weighted by molar-refractivity contribution is -0.384. The Morgan fingerprint density at radius 3 is 2.34 bits per heavy atom. The van der Waals surface area contributed by atoms with Crippen LogP contribution in [0.1, 0.15) is 11.1 Å². The Balaban J connectivity index is 1.85. The molecule has 3 rings (SSSR count). The molecule has 0 unspecified atom stereocenters. The molecular weight excluding hydrogens is 517 g/mol. The summed E-state index contributed by atoms with van der Waals surface area (Å²) in [7, 11) is 1.44. The van der Waals surface area contributed by atoms with Crippen molar-refractivity contribution in [3.8, 4) is 17.6 Å². The summed E-state index contributed by atoms with van der Waals surface area (Å²) in [4.78, 5) is 23.0. The second-order valence-corrected chi connectivity index (χ2v) is 8.20. The molecule has 1 amide bonds. The molecule has 0 radical (unpaired) electrons. The lowest BCUT2D eigenvalue weighted by Crippen LogP contribution is -2.14. The maximum Gasteiger partial charge on any atom is 0.272 e. The largest absolute Gasteiger partial charge is 0.493 e. The van der Waals surface area contributed by atoms with E-state index in [-0.39, 0.29) is 38.6 Å². The number of nitro benzene ring substituents is 1. The number of anilines is 1. The van der Waals surface area contributed by atoms with Gasteiger partial charge in [0.15, 0.2) is 11.5 Å². The van der Waals surface area contributed by atoms with E-state index in [1.807, 2.05) is 30.3 Å². The van der Waals surface area contributed by atoms with Crippen LogP contribution in [0.25, 0.3) is 6.08 Å². The Labute approximate surface area is 215 Å². The summed E-state index contributed by atoms with van der Waals surface area (Å²) in [5.74, 6) is -0.217. The Morgan fingerprint density at radius 1 is 1.11 bits per heavy atom. The Bertz CT molecular complexity index is 1330. The predicted molar refractivity (Wildman–Crippen MR) is 134 cm³/mol. The maximum absolute atomic E-state index is 12.7. The molecule has 0 bridgehead atoms. The SMILES string of the molecule is COc1cc(/C=C(\C#N)C(=O)Nc2c(Cl)cc([N+](=O)[O-])cc2Cl)cc(Cl)c1OCc1ccccc1. The summed E-state index contributed by atoms with van der Waals surface area (Å²) in [6.07, 6.45) is 1.29. The van der Waals surface area contributed by atoms with Crippen LogP contribution in [-0.4, -0.2) is 17.9 Å². The number of nitro groups is 1. The topological polar surface area (TPSA) is 114 Å². The highest BCUT2D eigenvalue weighted by molar-refractivity contribution is 6.40. The van der Waals surface area contributed by atoms with E-state index in [4.69, 9.17) is 44.3 Å². The Kier molecular flexibility index (Phi) is 8.55. The average Bonchev–Trinajstić information content (AvgIpc) is 2.84. The van der Waals surface area contributed by atoms with Crippen LogP contribution in [0.5, 0.6) is 11.5 Å². The standard InChI is InChI=1S/C24H16Cl3N3O5/c1-34-21-9-15(8-20(27)23(21)35-13-14-5-3-2-4-6-14)7-16(12-28)24(31)29-22-18(25)10-17(30(32)33)11-19(22)26/h2-11H,13H2,1H3,(H,29,31)/b16-7+. The second-order valence-electron chi connectivity index (χ2n) is 6.97. The molecule has 35 heavy (non-hydrogen) atoms. The van der Waals surface area contributed by atoms with Crippen molar-refractivity contribution in [2.24, 2.45) is 0 Å². The lowest BCUT2D eigenvalue weighted by atomic mass is 10.1. The molecule has 178 valence electrons. The maximum atomic E-state index is 12.7. The third-order valence-electron chi connectivity index (χ3n) is 4.63. The number of rotatable bonds is 8. The smallest absolute Gasteiger partial charge is 0.272 e. The van der Waals surface area contributed by atoms with Gasteiger partial charge in [-0.1, -0.05) is 65.1 Å². The van der Waals surface area contributed by atoms with E-state index >= 15 is 0 Å². The van der Waals surface area contributed by atoms with E-state index in [0.717, 1.165) is 17.7 Å². The predicted octanol–water partition coefficient (Wildman–Crippen LogP) is 6.69. The number of nitrogens with one attached hydrogen (secondary N) is 1. The highest BCUT2D eigenvalue weighted by Gasteiger charge is 2.19. The van der Waals surface area contributed by atoms with Gasteiger partial charge < -0.3 is 14.8 Å². The van der Waals surface area contributed by atoms with Crippen molar-refractivity contribution in [1.29, 1.82) is 5.26 Å². The van der Waals surface area contributed by atoms with E-state index < -0.39 is 10.8 Å². The van der Waals surface area contributed by atoms with Crippen LogP contribution in [-0.2, 0) is 11.4 Å². The van der Waals surface area contributed by atoms with Crippen molar-refractivity contribution in [3.05, 3.63) is 96.5 Å². The molecule has 3 aromatic carbocycles. The summed E-state index contributed by atoms with van der Waals surface area (Å²) in [6, 6.07) is 16.4. The number of halogens is 3. The van der Waals surface area contributed by atoms with E-state index in [1.54, 1.807) is 12.1 Å². The first-order valence-corrected chi connectivity index (χ1v) is 11.0. The van der Waals surface area contributed by atoms with Gasteiger partial charge in [-0.2, -0.15) is 5.26 Å². The van der Waals surface area contributed by atoms with Crippen LogP contribution >= 0.6 is 34.8 Å². The van der Waals surface area contributed by atoms with Gasteiger partial charge in [-0.3, -0.25) is 14.9 Å². The first kappa shape index (κ1) is 25.8. The molecule has 3 aromatic rings. The molecule has 1 N–H and O–H groups in total. The molecule has 0 aliphatic carbocycles. The van der Waals surface area contributed by atoms with Gasteiger partial charge in [0.2, 0.25) is 0 Å². The third kappa shape index (κ3) is 6.43. The number of carbonyl (C=O) groups is 1. The van der Waals surface area contributed by atoms with Gasteiger partial charge in [-0.25, -0.2) is 0 Å². The van der Waals surface area contributed by atoms with Crippen LogP contribution in [0.3, 0.4) is 0 Å². The van der Waals surface area contributed by atoms with Gasteiger partial charge in [0, 0.05) is 12.1 Å². The molecule has 0 saturated heterocycles. The van der Waals surface area contributed by atoms with E-state index in [9.17, 15) is 20.2 Å². The minimum absolute atomic E-state index is 0.0645. The van der Waals surface area contributed by atoms with E-state index in [1.165, 1.54) is 19.3 Å². The zero-order valence-electron chi connectivity index (χ0n) is 18.1. The molecule has 0 aromatic heterocycles. The lowest BCUT2D eigenvalue weighted by Gasteiger charge is -2.14. The third-order valence-corrected chi connectivity index (χ3v) is 5.51.